The summed E-state index contributed by atoms with van der Waals surface area (Å²) in [5, 5.41) is 21.7. The zero-order valence-corrected chi connectivity index (χ0v) is 46.4. The molecule has 0 aromatic heterocycles. The molecule has 1 aliphatic heterocycles. The molecule has 1 fully saturated rings. The van der Waals surface area contributed by atoms with Crippen molar-refractivity contribution in [1.82, 2.24) is 42.5 Å². The summed E-state index contributed by atoms with van der Waals surface area (Å²) in [6.45, 7) is 14.8. The second-order valence-corrected chi connectivity index (χ2v) is 21.6. The number of guanidine groups is 2. The average Bonchev–Trinajstić information content (AvgIpc) is 3.32. The Morgan fingerprint density at radius 3 is 1.64 bits per heavy atom. The van der Waals surface area contributed by atoms with E-state index < -0.39 is 119 Å². The van der Waals surface area contributed by atoms with Crippen LogP contribution in [-0.2, 0) is 47.9 Å². The minimum Gasteiger partial charge on any atom is -0.370 e. The highest BCUT2D eigenvalue weighted by Gasteiger charge is 2.37. The van der Waals surface area contributed by atoms with Crippen LogP contribution in [0.3, 0.4) is 0 Å². The third-order valence-electron chi connectivity index (χ3n) is 12.1. The van der Waals surface area contributed by atoms with Gasteiger partial charge in [0.25, 0.3) is 0 Å². The molecular weight excluding hydrogens is 1010 g/mol. The predicted molar refractivity (Wildman–Crippen MR) is 291 cm³/mol. The van der Waals surface area contributed by atoms with E-state index in [4.69, 9.17) is 40.1 Å². The molecule has 1 saturated heterocycles. The molecule has 1 heterocycles. The Bertz CT molecular complexity index is 2020. The number of amides is 10. The molecule has 432 valence electrons. The SMILES string of the molecule is CC[C@H](C)[C@@H]1NC(=O)[C@H](NC(=O)[C@@H](N)CCCN=C(N)N)CSCC[C@@H](C(=O)N[C@@H](CCCN=C(N)N)C(=O)N[C@@H](CC(C)C)C(=O)N[C@@H](CC(C)C)C(=O)N[C@@H](CCC(N)=O)C(N)=O)NC(=O)[C@H](CC(C)C)NC1=O. The van der Waals surface area contributed by atoms with Gasteiger partial charge in [0.05, 0.1) is 6.04 Å². The number of carbonyl (C=O) groups is 10. The monoisotopic (exact) mass is 1100 g/mol. The molecular formula is C48H89N17O10S. The van der Waals surface area contributed by atoms with Gasteiger partial charge < -0.3 is 82.7 Å². The Kier molecular flexibility index (Phi) is 31.1. The number of hydrogen-bond donors (Lipinski definition) is 15. The van der Waals surface area contributed by atoms with E-state index in [1.807, 2.05) is 20.8 Å². The average molecular weight is 1100 g/mol. The second-order valence-electron chi connectivity index (χ2n) is 20.5. The number of thioether (sulfide) groups is 1. The van der Waals surface area contributed by atoms with Gasteiger partial charge in [0.2, 0.25) is 59.1 Å². The van der Waals surface area contributed by atoms with Crippen LogP contribution in [0.4, 0.5) is 0 Å². The summed E-state index contributed by atoms with van der Waals surface area (Å²) in [7, 11) is 0. The fourth-order valence-electron chi connectivity index (χ4n) is 7.82. The molecule has 0 aliphatic carbocycles. The molecule has 0 bridgehead atoms. The maximum Gasteiger partial charge on any atom is 0.244 e. The van der Waals surface area contributed by atoms with Crippen molar-refractivity contribution in [3.8, 4) is 0 Å². The van der Waals surface area contributed by atoms with Crippen molar-refractivity contribution >= 4 is 82.8 Å². The molecule has 27 nitrogen and oxygen atoms in total. The number of nitrogens with two attached hydrogens (primary N) is 7. The van der Waals surface area contributed by atoms with E-state index >= 15 is 0 Å². The third kappa shape index (κ3) is 26.9. The first kappa shape index (κ1) is 67.6. The van der Waals surface area contributed by atoms with Crippen LogP contribution in [0, 0.1) is 23.7 Å². The summed E-state index contributed by atoms with van der Waals surface area (Å²) in [6, 6.07) is -11.0. The standard InChI is InChI=1S/C48H89N17O10S/c1-9-27(8)37-46(75)63-34(22-26(6)7)43(72)60-31(16-19-76-23-35(45(74)65-37)64-39(68)28(49)12-10-17-56-47(52)53)41(70)59-30(13-11-18-57-48(54)55)40(69)61-33(21-25(4)5)44(73)62-32(20-24(2)3)42(71)58-29(38(51)67)14-15-36(50)66/h24-35,37H,9-23,49H2,1-8H3,(H2,50,66)(H2,51,67)(H,58,71)(H,59,70)(H,60,72)(H,61,69)(H,62,73)(H,63,75)(H,64,68)(H,65,74)(H4,52,53,56)(H4,54,55,57)/t27-,28-,29-,30-,31-,32-,33-,34-,35+,37-/m0/s1. The molecule has 0 radical (unpaired) electrons. The topological polar surface area (TPSA) is 474 Å². The van der Waals surface area contributed by atoms with E-state index in [0.29, 0.717) is 12.8 Å². The Labute approximate surface area is 450 Å². The van der Waals surface area contributed by atoms with E-state index in [1.54, 1.807) is 34.6 Å². The second kappa shape index (κ2) is 35.0. The number of rotatable bonds is 30. The summed E-state index contributed by atoms with van der Waals surface area (Å²) >= 11 is 1.17. The maximum absolute atomic E-state index is 14.5. The number of carbonyl (C=O) groups excluding carboxylic acids is 10. The molecule has 28 heteroatoms. The van der Waals surface area contributed by atoms with Crippen LogP contribution in [0.2, 0.25) is 0 Å². The smallest absolute Gasteiger partial charge is 0.244 e. The van der Waals surface area contributed by atoms with Crippen molar-refractivity contribution in [3.05, 3.63) is 0 Å². The first-order valence-corrected chi connectivity index (χ1v) is 27.2. The van der Waals surface area contributed by atoms with Crippen molar-refractivity contribution in [2.75, 3.05) is 24.6 Å². The van der Waals surface area contributed by atoms with E-state index in [2.05, 4.69) is 52.5 Å². The van der Waals surface area contributed by atoms with Gasteiger partial charge in [0.15, 0.2) is 11.9 Å². The zero-order valence-electron chi connectivity index (χ0n) is 45.5. The lowest BCUT2D eigenvalue weighted by Crippen LogP contribution is -2.61. The summed E-state index contributed by atoms with van der Waals surface area (Å²) in [4.78, 5) is 144. The summed E-state index contributed by atoms with van der Waals surface area (Å²) in [6.07, 6.45) is 0.952. The van der Waals surface area contributed by atoms with Crippen LogP contribution in [0.15, 0.2) is 9.98 Å². The van der Waals surface area contributed by atoms with Gasteiger partial charge in [-0.1, -0.05) is 61.8 Å². The van der Waals surface area contributed by atoms with Crippen molar-refractivity contribution < 1.29 is 47.9 Å². The van der Waals surface area contributed by atoms with Gasteiger partial charge in [-0.25, -0.2) is 0 Å². The lowest BCUT2D eigenvalue weighted by atomic mass is 9.96. The number of aliphatic imine (C=N–C) groups is 2. The molecule has 10 amide bonds. The maximum atomic E-state index is 14.5. The van der Waals surface area contributed by atoms with Gasteiger partial charge in [-0.05, 0) is 87.2 Å². The summed E-state index contributed by atoms with van der Waals surface area (Å²) in [5.41, 5.74) is 38.8. The minimum atomic E-state index is -1.35. The molecule has 10 atom stereocenters. The quantitative estimate of drug-likeness (QED) is 0.0188. The fourth-order valence-corrected chi connectivity index (χ4v) is 8.85. The van der Waals surface area contributed by atoms with Crippen LogP contribution in [0.5, 0.6) is 0 Å². The van der Waals surface area contributed by atoms with Gasteiger partial charge in [-0.2, -0.15) is 11.8 Å². The highest BCUT2D eigenvalue weighted by molar-refractivity contribution is 7.99. The van der Waals surface area contributed by atoms with Crippen LogP contribution >= 0.6 is 11.8 Å². The van der Waals surface area contributed by atoms with Gasteiger partial charge in [-0.3, -0.25) is 57.9 Å². The third-order valence-corrected chi connectivity index (χ3v) is 13.2. The molecule has 0 spiro atoms. The molecule has 1 rings (SSSR count). The fraction of sp³-hybridized carbons (Fsp3) is 0.750. The van der Waals surface area contributed by atoms with E-state index in [-0.39, 0.29) is 112 Å². The van der Waals surface area contributed by atoms with Gasteiger partial charge in [-0.15, -0.1) is 0 Å². The molecule has 76 heavy (non-hydrogen) atoms. The number of hydrogen-bond acceptors (Lipinski definition) is 14. The van der Waals surface area contributed by atoms with Crippen LogP contribution in [0.1, 0.15) is 126 Å². The van der Waals surface area contributed by atoms with Gasteiger partial charge >= 0.3 is 0 Å². The van der Waals surface area contributed by atoms with Crippen LogP contribution in [0.25, 0.3) is 0 Å². The minimum absolute atomic E-state index is 0.0404. The number of nitrogens with one attached hydrogen (secondary N) is 8. The Morgan fingerprint density at radius 1 is 0.632 bits per heavy atom. The highest BCUT2D eigenvalue weighted by Crippen LogP contribution is 2.16. The Balaban J connectivity index is 3.70. The molecule has 0 aromatic rings. The van der Waals surface area contributed by atoms with E-state index in [0.717, 1.165) is 0 Å². The van der Waals surface area contributed by atoms with E-state index in [9.17, 15) is 47.9 Å². The largest absolute Gasteiger partial charge is 0.370 e. The first-order chi connectivity index (χ1) is 35.6. The van der Waals surface area contributed by atoms with Crippen LogP contribution in [-0.4, -0.2) is 150 Å². The van der Waals surface area contributed by atoms with Gasteiger partial charge in [0, 0.05) is 25.3 Å². The molecule has 0 saturated carbocycles. The van der Waals surface area contributed by atoms with Gasteiger partial charge in [0.1, 0.15) is 48.3 Å². The normalized spacial score (nSPS) is 19.9. The van der Waals surface area contributed by atoms with Crippen LogP contribution < -0.4 is 82.7 Å². The molecule has 0 unspecified atom stereocenters. The zero-order chi connectivity index (χ0) is 57.8. The lowest BCUT2D eigenvalue weighted by molar-refractivity contribution is -0.136. The van der Waals surface area contributed by atoms with Crippen molar-refractivity contribution in [2.24, 2.45) is 73.8 Å². The van der Waals surface area contributed by atoms with Crippen molar-refractivity contribution in [2.45, 2.75) is 180 Å². The Morgan fingerprint density at radius 2 is 1.16 bits per heavy atom. The molecule has 0 aromatic carbocycles. The highest BCUT2D eigenvalue weighted by atomic mass is 32.2. The van der Waals surface area contributed by atoms with Crippen molar-refractivity contribution in [3.63, 3.8) is 0 Å². The number of primary amides is 2. The molecule has 1 aliphatic rings. The Hall–Kier alpha value is -6.45. The predicted octanol–water partition coefficient (Wildman–Crippen LogP) is -3.63. The summed E-state index contributed by atoms with van der Waals surface area (Å²) in [5.74, 6) is -8.56. The van der Waals surface area contributed by atoms with E-state index in [1.165, 1.54) is 11.8 Å². The lowest BCUT2D eigenvalue weighted by Gasteiger charge is -2.31. The number of nitrogens with zero attached hydrogens (tertiary/aromatic N) is 2. The first-order valence-electron chi connectivity index (χ1n) is 26.0. The van der Waals surface area contributed by atoms with Crippen molar-refractivity contribution in [1.29, 1.82) is 0 Å². The molecule has 22 N–H and O–H groups in total. The summed E-state index contributed by atoms with van der Waals surface area (Å²) < 4.78 is 0.